The van der Waals surface area contributed by atoms with Gasteiger partial charge in [-0.05, 0) is 33.0 Å². The molecule has 9 rings (SSSR count). The highest BCUT2D eigenvalue weighted by molar-refractivity contribution is 7.27. The monoisotopic (exact) mass is 565 g/mol. The SMILES string of the molecule is c1ccc(-c2nc(-c3ccccc3)nc(-c3cccc4c3sc3c4ccc4c5ccccc5c5ccccc5c43)n2)cc1. The van der Waals surface area contributed by atoms with Crippen molar-refractivity contribution in [2.45, 2.75) is 0 Å². The number of hydrogen-bond donors (Lipinski definition) is 0. The van der Waals surface area contributed by atoms with Crippen LogP contribution < -0.4 is 0 Å². The van der Waals surface area contributed by atoms with Gasteiger partial charge in [0, 0.05) is 42.2 Å². The van der Waals surface area contributed by atoms with Crippen LogP contribution >= 0.6 is 11.3 Å². The van der Waals surface area contributed by atoms with Crippen molar-refractivity contribution in [1.29, 1.82) is 0 Å². The van der Waals surface area contributed by atoms with Gasteiger partial charge in [-0.15, -0.1) is 11.3 Å². The lowest BCUT2D eigenvalue weighted by Crippen LogP contribution is -2.00. The first-order valence-electron chi connectivity index (χ1n) is 14.4. The van der Waals surface area contributed by atoms with Gasteiger partial charge in [-0.25, -0.2) is 15.0 Å². The molecule has 0 unspecified atom stereocenters. The third-order valence-electron chi connectivity index (χ3n) is 8.31. The summed E-state index contributed by atoms with van der Waals surface area (Å²) in [4.78, 5) is 15.0. The summed E-state index contributed by atoms with van der Waals surface area (Å²) in [7, 11) is 0. The molecule has 0 aliphatic heterocycles. The van der Waals surface area contributed by atoms with Crippen LogP contribution in [0.5, 0.6) is 0 Å². The first-order valence-corrected chi connectivity index (χ1v) is 15.2. The minimum atomic E-state index is 0.672. The molecule has 0 bridgehead atoms. The van der Waals surface area contributed by atoms with Crippen LogP contribution in [0, 0.1) is 0 Å². The zero-order chi connectivity index (χ0) is 28.3. The van der Waals surface area contributed by atoms with Crippen molar-refractivity contribution in [2.24, 2.45) is 0 Å². The van der Waals surface area contributed by atoms with Crippen LogP contribution in [-0.2, 0) is 0 Å². The van der Waals surface area contributed by atoms with Crippen molar-refractivity contribution >= 4 is 63.8 Å². The van der Waals surface area contributed by atoms with Crippen molar-refractivity contribution in [1.82, 2.24) is 15.0 Å². The van der Waals surface area contributed by atoms with Gasteiger partial charge in [-0.3, -0.25) is 0 Å². The maximum absolute atomic E-state index is 5.06. The van der Waals surface area contributed by atoms with Crippen molar-refractivity contribution in [3.63, 3.8) is 0 Å². The Morgan fingerprint density at radius 1 is 0.326 bits per heavy atom. The fraction of sp³-hybridized carbons (Fsp3) is 0. The highest BCUT2D eigenvalue weighted by Gasteiger charge is 2.19. The van der Waals surface area contributed by atoms with Crippen LogP contribution in [0.4, 0.5) is 0 Å². The van der Waals surface area contributed by atoms with E-state index in [0.717, 1.165) is 16.7 Å². The van der Waals surface area contributed by atoms with E-state index in [2.05, 4.69) is 103 Å². The van der Waals surface area contributed by atoms with E-state index in [4.69, 9.17) is 15.0 Å². The van der Waals surface area contributed by atoms with Crippen molar-refractivity contribution in [3.8, 4) is 34.2 Å². The second-order valence-electron chi connectivity index (χ2n) is 10.8. The number of fused-ring (bicyclic) bond motifs is 10. The number of nitrogens with zero attached hydrogens (tertiary/aromatic N) is 3. The Kier molecular flexibility index (Phi) is 5.37. The van der Waals surface area contributed by atoms with Gasteiger partial charge >= 0.3 is 0 Å². The van der Waals surface area contributed by atoms with E-state index in [1.165, 1.54) is 52.5 Å². The summed E-state index contributed by atoms with van der Waals surface area (Å²) < 4.78 is 2.48. The molecule has 3 nitrogen and oxygen atoms in total. The molecule has 0 aliphatic rings. The number of thiophene rings is 1. The van der Waals surface area contributed by atoms with E-state index in [1.807, 2.05) is 47.7 Å². The smallest absolute Gasteiger partial charge is 0.165 e. The summed E-state index contributed by atoms with van der Waals surface area (Å²) in [5.41, 5.74) is 2.96. The molecule has 0 spiro atoms. The molecule has 9 aromatic rings. The van der Waals surface area contributed by atoms with E-state index in [0.29, 0.717) is 17.5 Å². The number of benzene rings is 7. The first-order chi connectivity index (χ1) is 21.3. The lowest BCUT2D eigenvalue weighted by Gasteiger charge is -2.11. The molecule has 2 heterocycles. The van der Waals surface area contributed by atoms with E-state index in [9.17, 15) is 0 Å². The largest absolute Gasteiger partial charge is 0.208 e. The zero-order valence-corrected chi connectivity index (χ0v) is 23.8. The Morgan fingerprint density at radius 2 is 0.767 bits per heavy atom. The molecule has 0 fully saturated rings. The van der Waals surface area contributed by atoms with Crippen molar-refractivity contribution in [2.75, 3.05) is 0 Å². The molecule has 0 radical (unpaired) electrons. The normalized spacial score (nSPS) is 11.7. The lowest BCUT2D eigenvalue weighted by atomic mass is 9.93. The molecule has 0 aliphatic carbocycles. The summed E-state index contributed by atoms with van der Waals surface area (Å²) in [5, 5.41) is 10.2. The highest BCUT2D eigenvalue weighted by Crippen LogP contribution is 2.46. The minimum absolute atomic E-state index is 0.672. The van der Waals surface area contributed by atoms with E-state index in [-0.39, 0.29) is 0 Å². The lowest BCUT2D eigenvalue weighted by molar-refractivity contribution is 1.08. The number of hydrogen-bond acceptors (Lipinski definition) is 4. The van der Waals surface area contributed by atoms with Gasteiger partial charge < -0.3 is 0 Å². The predicted molar refractivity (Wildman–Crippen MR) is 182 cm³/mol. The molecule has 0 saturated heterocycles. The van der Waals surface area contributed by atoms with Crippen LogP contribution in [0.15, 0.2) is 140 Å². The zero-order valence-electron chi connectivity index (χ0n) is 23.0. The molecule has 0 N–H and O–H groups in total. The van der Waals surface area contributed by atoms with Crippen LogP contribution in [0.25, 0.3) is 86.7 Å². The Balaban J connectivity index is 1.37. The maximum atomic E-state index is 5.06. The third-order valence-corrected chi connectivity index (χ3v) is 9.58. The maximum Gasteiger partial charge on any atom is 0.165 e. The van der Waals surface area contributed by atoms with Gasteiger partial charge in [-0.1, -0.05) is 133 Å². The molecule has 4 heteroatoms. The Labute approximate surface area is 251 Å². The Morgan fingerprint density at radius 3 is 1.40 bits per heavy atom. The van der Waals surface area contributed by atoms with Crippen LogP contribution in [0.3, 0.4) is 0 Å². The molecular weight excluding hydrogens is 543 g/mol. The van der Waals surface area contributed by atoms with Gasteiger partial charge in [0.05, 0.1) is 0 Å². The average Bonchev–Trinajstić information content (AvgIpc) is 3.48. The van der Waals surface area contributed by atoms with Crippen LogP contribution in [-0.4, -0.2) is 15.0 Å². The average molecular weight is 566 g/mol. The van der Waals surface area contributed by atoms with E-state index < -0.39 is 0 Å². The molecule has 7 aromatic carbocycles. The van der Waals surface area contributed by atoms with Crippen LogP contribution in [0.2, 0.25) is 0 Å². The van der Waals surface area contributed by atoms with Gasteiger partial charge in [0.1, 0.15) is 0 Å². The third kappa shape index (κ3) is 3.77. The van der Waals surface area contributed by atoms with Gasteiger partial charge in [0.25, 0.3) is 0 Å². The standard InChI is InChI=1S/C39H23N3S/c1-3-12-24(13-4-1)37-40-38(25-14-5-2-6-15-25)42-39(41-37)33-21-11-20-31-32-23-22-30-28-18-8-7-16-26(28)27-17-9-10-19-29(27)34(30)36(32)43-35(31)33/h1-23H. The Bertz CT molecular complexity index is 2410. The molecule has 43 heavy (non-hydrogen) atoms. The van der Waals surface area contributed by atoms with Crippen LogP contribution in [0.1, 0.15) is 0 Å². The predicted octanol–water partition coefficient (Wildman–Crippen LogP) is 10.7. The minimum Gasteiger partial charge on any atom is -0.208 e. The number of aromatic nitrogens is 3. The molecule has 0 atom stereocenters. The van der Waals surface area contributed by atoms with Gasteiger partial charge in [0.15, 0.2) is 17.5 Å². The summed E-state index contributed by atoms with van der Waals surface area (Å²) in [5.74, 6) is 2.03. The molecular formula is C39H23N3S. The summed E-state index contributed by atoms with van der Waals surface area (Å²) >= 11 is 1.84. The fourth-order valence-electron chi connectivity index (χ4n) is 6.35. The Hall–Kier alpha value is -5.45. The fourth-order valence-corrected chi connectivity index (χ4v) is 7.72. The first kappa shape index (κ1) is 24.2. The second kappa shape index (κ2) is 9.55. The molecule has 0 amide bonds. The summed E-state index contributed by atoms with van der Waals surface area (Å²) in [6.07, 6.45) is 0. The quantitative estimate of drug-likeness (QED) is 0.200. The van der Waals surface area contributed by atoms with Gasteiger partial charge in [0.2, 0.25) is 0 Å². The molecule has 0 saturated carbocycles. The highest BCUT2D eigenvalue weighted by atomic mass is 32.1. The van der Waals surface area contributed by atoms with Crippen molar-refractivity contribution < 1.29 is 0 Å². The second-order valence-corrected chi connectivity index (χ2v) is 11.8. The van der Waals surface area contributed by atoms with E-state index >= 15 is 0 Å². The van der Waals surface area contributed by atoms with Crippen molar-refractivity contribution in [3.05, 3.63) is 140 Å². The molecule has 2 aromatic heterocycles. The van der Waals surface area contributed by atoms with E-state index in [1.54, 1.807) is 0 Å². The summed E-state index contributed by atoms with van der Waals surface area (Å²) in [6, 6.07) is 48.9. The summed E-state index contributed by atoms with van der Waals surface area (Å²) in [6.45, 7) is 0. The van der Waals surface area contributed by atoms with Gasteiger partial charge in [-0.2, -0.15) is 0 Å². The number of rotatable bonds is 3. The topological polar surface area (TPSA) is 38.7 Å². The molecule has 200 valence electrons.